The second kappa shape index (κ2) is 13.5. The lowest BCUT2D eigenvalue weighted by molar-refractivity contribution is 0.304. The van der Waals surface area contributed by atoms with E-state index in [1.165, 1.54) is 106 Å². The van der Waals surface area contributed by atoms with Crippen molar-refractivity contribution in [1.82, 2.24) is 17.5 Å². The molecule has 0 N–H and O–H groups in total. The highest BCUT2D eigenvalue weighted by atomic mass is 32.1. The first-order valence-corrected chi connectivity index (χ1v) is 21.1. The van der Waals surface area contributed by atoms with E-state index in [2.05, 4.69) is 134 Å². The zero-order valence-electron chi connectivity index (χ0n) is 31.7. The number of hydrogen-bond acceptors (Lipinski definition) is 7. The number of hydrogen-bond donors (Lipinski definition) is 0. The molecule has 1 spiro atoms. The molecule has 55 heavy (non-hydrogen) atoms. The number of ether oxygens (including phenoxy) is 1. The lowest BCUT2D eigenvalue weighted by Crippen LogP contribution is -2.26. The van der Waals surface area contributed by atoms with Crippen molar-refractivity contribution in [1.29, 1.82) is 0 Å². The SMILES string of the molecule is CCCCCCCCOc1ccc2c(c1)-c1cc(C)ccc1C21c2cc(-c3ccc(C)c4nsnc34)ccc2-c2ccc(-c3ccc(C)c4nsnc34)cc21. The highest BCUT2D eigenvalue weighted by molar-refractivity contribution is 7.00. The van der Waals surface area contributed by atoms with Crippen LogP contribution in [-0.4, -0.2) is 24.1 Å². The van der Waals surface area contributed by atoms with Crippen LogP contribution < -0.4 is 4.74 Å². The summed E-state index contributed by atoms with van der Waals surface area (Å²) in [4.78, 5) is 0. The topological polar surface area (TPSA) is 60.8 Å². The summed E-state index contributed by atoms with van der Waals surface area (Å²) in [7, 11) is 0. The van der Waals surface area contributed by atoms with Crippen LogP contribution in [0.3, 0.4) is 0 Å². The Bertz CT molecular complexity index is 2670. The van der Waals surface area contributed by atoms with Crippen LogP contribution in [0.4, 0.5) is 0 Å². The first-order valence-electron chi connectivity index (χ1n) is 19.6. The van der Waals surface area contributed by atoms with Crippen LogP contribution in [0, 0.1) is 20.8 Å². The highest BCUT2D eigenvalue weighted by Crippen LogP contribution is 2.64. The molecule has 0 saturated heterocycles. The summed E-state index contributed by atoms with van der Waals surface area (Å²) in [6.07, 6.45) is 7.46. The number of benzene rings is 6. The molecule has 272 valence electrons. The number of nitrogens with zero attached hydrogens (tertiary/aromatic N) is 4. The number of rotatable bonds is 10. The van der Waals surface area contributed by atoms with E-state index in [4.69, 9.17) is 13.5 Å². The Morgan fingerprint density at radius 1 is 0.473 bits per heavy atom. The van der Waals surface area contributed by atoms with Crippen molar-refractivity contribution in [2.75, 3.05) is 6.61 Å². The Morgan fingerprint density at radius 2 is 1.00 bits per heavy atom. The lowest BCUT2D eigenvalue weighted by atomic mass is 9.70. The average molecular weight is 755 g/mol. The van der Waals surface area contributed by atoms with Crippen LogP contribution in [0.1, 0.15) is 84.4 Å². The summed E-state index contributed by atoms with van der Waals surface area (Å²) < 4.78 is 25.4. The van der Waals surface area contributed by atoms with Crippen LogP contribution in [0.2, 0.25) is 0 Å². The molecule has 10 rings (SSSR count). The maximum atomic E-state index is 6.49. The fraction of sp³-hybridized carbons (Fsp3) is 0.250. The maximum absolute atomic E-state index is 6.49. The largest absolute Gasteiger partial charge is 0.494 e. The van der Waals surface area contributed by atoms with Gasteiger partial charge in [-0.15, -0.1) is 0 Å². The van der Waals surface area contributed by atoms with Crippen molar-refractivity contribution >= 4 is 45.5 Å². The number of aromatic nitrogens is 4. The Hall–Kier alpha value is -5.24. The van der Waals surface area contributed by atoms with E-state index in [0.717, 1.165) is 74.2 Å². The van der Waals surface area contributed by atoms with E-state index in [1.54, 1.807) is 0 Å². The van der Waals surface area contributed by atoms with E-state index >= 15 is 0 Å². The highest BCUT2D eigenvalue weighted by Gasteiger charge is 2.52. The van der Waals surface area contributed by atoms with Crippen LogP contribution in [0.15, 0.2) is 97.1 Å². The molecule has 2 aromatic heterocycles. The van der Waals surface area contributed by atoms with Gasteiger partial charge in [0.1, 0.15) is 27.8 Å². The smallest absolute Gasteiger partial charge is 0.119 e. The van der Waals surface area contributed by atoms with Gasteiger partial charge >= 0.3 is 0 Å². The standard InChI is InChI=1S/C48H42N4OS2/c1-5-6-7-8-9-10-23-53-33-16-22-41-39(27-33)38-24-28(2)11-21-40(38)48(41)42-25-31(34-17-12-29(3)44-46(34)51-54-49-44)14-19-36(42)37-20-15-32(26-43(37)48)35-18-13-30(4)45-47(35)52-55-50-45/h11-22,24-27H,5-10,23H2,1-4H3. The molecule has 6 aromatic carbocycles. The van der Waals surface area contributed by atoms with E-state index < -0.39 is 5.41 Å². The van der Waals surface area contributed by atoms with Crippen molar-refractivity contribution < 1.29 is 4.74 Å². The van der Waals surface area contributed by atoms with Crippen molar-refractivity contribution in [3.05, 3.63) is 136 Å². The van der Waals surface area contributed by atoms with E-state index in [0.29, 0.717) is 0 Å². The summed E-state index contributed by atoms with van der Waals surface area (Å²) >= 11 is 2.57. The molecule has 0 atom stereocenters. The minimum absolute atomic E-state index is 0.541. The van der Waals surface area contributed by atoms with Gasteiger partial charge in [0.25, 0.3) is 0 Å². The zero-order chi connectivity index (χ0) is 37.3. The van der Waals surface area contributed by atoms with Crippen molar-refractivity contribution in [3.8, 4) is 50.3 Å². The Labute approximate surface area is 330 Å². The van der Waals surface area contributed by atoms with Crippen LogP contribution in [0.5, 0.6) is 5.75 Å². The number of fused-ring (bicyclic) bond motifs is 12. The molecule has 0 aliphatic heterocycles. The summed E-state index contributed by atoms with van der Waals surface area (Å²) in [6.45, 7) is 9.43. The van der Waals surface area contributed by atoms with Gasteiger partial charge in [-0.3, -0.25) is 0 Å². The third-order valence-electron chi connectivity index (χ3n) is 12.0. The first kappa shape index (κ1) is 34.3. The summed E-state index contributed by atoms with van der Waals surface area (Å²) in [5, 5.41) is 0. The van der Waals surface area contributed by atoms with Crippen molar-refractivity contribution in [2.45, 2.75) is 71.6 Å². The second-order valence-corrected chi connectivity index (χ2v) is 16.5. The fourth-order valence-electron chi connectivity index (χ4n) is 9.27. The molecule has 0 fully saturated rings. The Kier molecular flexibility index (Phi) is 8.41. The fourth-order valence-corrected chi connectivity index (χ4v) is 10.5. The molecule has 8 aromatic rings. The molecule has 2 aliphatic carbocycles. The molecule has 0 amide bonds. The van der Waals surface area contributed by atoms with Gasteiger partial charge in [0.05, 0.1) is 35.5 Å². The second-order valence-electron chi connectivity index (χ2n) is 15.4. The molecular weight excluding hydrogens is 713 g/mol. The van der Waals surface area contributed by atoms with Gasteiger partial charge in [-0.1, -0.05) is 117 Å². The van der Waals surface area contributed by atoms with Gasteiger partial charge in [-0.05, 0) is 118 Å². The van der Waals surface area contributed by atoms with Crippen LogP contribution in [0.25, 0.3) is 66.6 Å². The monoisotopic (exact) mass is 754 g/mol. The zero-order valence-corrected chi connectivity index (χ0v) is 33.3. The normalized spacial score (nSPS) is 13.4. The van der Waals surface area contributed by atoms with E-state index in [-0.39, 0.29) is 0 Å². The van der Waals surface area contributed by atoms with Gasteiger partial charge in [-0.2, -0.15) is 17.5 Å². The van der Waals surface area contributed by atoms with Gasteiger partial charge < -0.3 is 4.74 Å². The number of aryl methyl sites for hydroxylation is 3. The summed E-state index contributed by atoms with van der Waals surface area (Å²) in [6, 6.07) is 36.8. The predicted octanol–water partition coefficient (Wildman–Crippen LogP) is 13.0. The summed E-state index contributed by atoms with van der Waals surface area (Å²) in [5.41, 5.74) is 21.7. The molecule has 0 saturated carbocycles. The average Bonchev–Trinajstić information content (AvgIpc) is 4.00. The van der Waals surface area contributed by atoms with Gasteiger partial charge in [-0.25, -0.2) is 0 Å². The van der Waals surface area contributed by atoms with Gasteiger partial charge in [0.15, 0.2) is 0 Å². The molecule has 2 heterocycles. The molecule has 0 bridgehead atoms. The quantitative estimate of drug-likeness (QED) is 0.130. The van der Waals surface area contributed by atoms with Crippen molar-refractivity contribution in [3.63, 3.8) is 0 Å². The van der Waals surface area contributed by atoms with Crippen LogP contribution in [-0.2, 0) is 5.41 Å². The Morgan fingerprint density at radius 3 is 1.62 bits per heavy atom. The number of unbranched alkanes of at least 4 members (excludes halogenated alkanes) is 5. The predicted molar refractivity (Wildman–Crippen MR) is 229 cm³/mol. The third kappa shape index (κ3) is 5.31. The molecule has 0 radical (unpaired) electrons. The first-order chi connectivity index (χ1) is 27.0. The van der Waals surface area contributed by atoms with Gasteiger partial charge in [0, 0.05) is 11.1 Å². The van der Waals surface area contributed by atoms with Crippen LogP contribution >= 0.6 is 23.5 Å². The van der Waals surface area contributed by atoms with Crippen molar-refractivity contribution in [2.24, 2.45) is 0 Å². The Balaban J connectivity index is 1.18. The van der Waals surface area contributed by atoms with E-state index in [9.17, 15) is 0 Å². The third-order valence-corrected chi connectivity index (χ3v) is 13.1. The maximum Gasteiger partial charge on any atom is 0.119 e. The minimum atomic E-state index is -0.541. The van der Waals surface area contributed by atoms with E-state index in [1.807, 2.05) is 0 Å². The summed E-state index contributed by atoms with van der Waals surface area (Å²) in [5.74, 6) is 0.939. The molecular formula is C48H42N4OS2. The molecule has 2 aliphatic rings. The molecule has 5 nitrogen and oxygen atoms in total. The minimum Gasteiger partial charge on any atom is -0.494 e. The molecule has 0 unspecified atom stereocenters. The lowest BCUT2D eigenvalue weighted by Gasteiger charge is -2.31. The van der Waals surface area contributed by atoms with Gasteiger partial charge in [0.2, 0.25) is 0 Å². The molecule has 7 heteroatoms.